The van der Waals surface area contributed by atoms with E-state index in [2.05, 4.69) is 5.10 Å². The Morgan fingerprint density at radius 1 is 1.25 bits per heavy atom. The molecule has 0 aliphatic carbocycles. The van der Waals surface area contributed by atoms with Crippen LogP contribution in [0.2, 0.25) is 5.02 Å². The number of nitrogens with zero attached hydrogens (tertiary/aromatic N) is 2. The number of aliphatic hydroxyl groups is 1. The Balaban J connectivity index is 2.08. The van der Waals surface area contributed by atoms with Gasteiger partial charge in [-0.2, -0.15) is 9.78 Å². The van der Waals surface area contributed by atoms with E-state index in [-0.39, 0.29) is 40.5 Å². The number of nitrogens with two attached hydrogens (primary N) is 1. The lowest BCUT2D eigenvalue weighted by Gasteiger charge is -2.15. The molecule has 170 valence electrons. The van der Waals surface area contributed by atoms with Gasteiger partial charge in [-0.3, -0.25) is 4.79 Å². The number of rotatable bonds is 8. The van der Waals surface area contributed by atoms with Crippen molar-refractivity contribution in [2.45, 2.75) is 18.2 Å². The van der Waals surface area contributed by atoms with E-state index in [4.69, 9.17) is 21.5 Å². The number of aliphatic hydroxyl groups excluding tert-OH is 1. The lowest BCUT2D eigenvalue weighted by atomic mass is 10.1. The van der Waals surface area contributed by atoms with Crippen LogP contribution in [0, 0.1) is 11.7 Å². The third kappa shape index (κ3) is 5.33. The van der Waals surface area contributed by atoms with Crippen LogP contribution in [0.3, 0.4) is 0 Å². The highest BCUT2D eigenvalue weighted by Crippen LogP contribution is 2.28. The Bertz CT molecular complexity index is 1280. The van der Waals surface area contributed by atoms with Crippen LogP contribution >= 0.6 is 11.6 Å². The molecule has 3 aromatic rings. The van der Waals surface area contributed by atoms with Gasteiger partial charge in [0.05, 0.1) is 28.4 Å². The molecule has 11 heteroatoms. The van der Waals surface area contributed by atoms with Crippen molar-refractivity contribution in [1.82, 2.24) is 9.78 Å². The molecule has 0 aliphatic rings. The summed E-state index contributed by atoms with van der Waals surface area (Å²) >= 11 is 5.84. The lowest BCUT2D eigenvalue weighted by molar-refractivity contribution is 0.201. The largest absolute Gasteiger partial charge is 0.487 e. The summed E-state index contributed by atoms with van der Waals surface area (Å²) in [5.41, 5.74) is 0.442. The van der Waals surface area contributed by atoms with Crippen molar-refractivity contribution in [1.29, 1.82) is 0 Å². The third-order valence-electron chi connectivity index (χ3n) is 4.74. The minimum absolute atomic E-state index is 0.0279. The second-order valence-electron chi connectivity index (χ2n) is 7.20. The van der Waals surface area contributed by atoms with Crippen molar-refractivity contribution >= 4 is 21.6 Å². The van der Waals surface area contributed by atoms with Crippen LogP contribution in [-0.2, 0) is 10.0 Å². The Hall–Kier alpha value is -2.79. The smallest absolute Gasteiger partial charge is 0.314 e. The van der Waals surface area contributed by atoms with Crippen molar-refractivity contribution in [2.75, 3.05) is 13.2 Å². The number of primary sulfonamides is 1. The van der Waals surface area contributed by atoms with E-state index in [1.165, 1.54) is 42.6 Å². The quantitative estimate of drug-likeness (QED) is 0.509. The van der Waals surface area contributed by atoms with Crippen LogP contribution in [0.5, 0.6) is 5.75 Å². The molecule has 1 unspecified atom stereocenters. The number of benzene rings is 2. The average Bonchev–Trinajstić information content (AvgIpc) is 2.76. The van der Waals surface area contributed by atoms with Gasteiger partial charge in [0.25, 0.3) is 0 Å². The maximum absolute atomic E-state index is 13.5. The van der Waals surface area contributed by atoms with Crippen molar-refractivity contribution < 1.29 is 22.7 Å². The maximum atomic E-state index is 13.5. The highest BCUT2D eigenvalue weighted by Gasteiger charge is 2.18. The lowest BCUT2D eigenvalue weighted by Crippen LogP contribution is -2.24. The molecular formula is C21H21ClFN3O5S. The van der Waals surface area contributed by atoms with Gasteiger partial charge in [-0.1, -0.05) is 30.7 Å². The van der Waals surface area contributed by atoms with Crippen LogP contribution in [0.15, 0.2) is 58.4 Å². The van der Waals surface area contributed by atoms with E-state index in [0.717, 1.165) is 10.7 Å². The number of halogens is 2. The van der Waals surface area contributed by atoms with E-state index in [1.54, 1.807) is 0 Å². The van der Waals surface area contributed by atoms with E-state index in [1.807, 2.05) is 6.92 Å². The molecule has 0 amide bonds. The van der Waals surface area contributed by atoms with E-state index < -0.39 is 21.4 Å². The summed E-state index contributed by atoms with van der Waals surface area (Å²) in [6, 6.07) is 9.34. The fourth-order valence-corrected chi connectivity index (χ4v) is 3.55. The van der Waals surface area contributed by atoms with Crippen LogP contribution in [0.25, 0.3) is 16.8 Å². The minimum Gasteiger partial charge on any atom is -0.487 e. The number of hydrogen-bond acceptors (Lipinski definition) is 6. The standard InChI is InChI=1S/C21H21ClFN3O5S/c1-13(12-27)8-9-31-20-17(14-2-5-16(6-3-14)32(24,29)30)11-25-26(21(20)28)15-4-7-19(23)18(22)10-15/h2-7,10-11,13,27H,8-9,12H2,1H3,(H2,24,29,30). The maximum Gasteiger partial charge on any atom is 0.314 e. The van der Waals surface area contributed by atoms with Crippen molar-refractivity contribution in [3.8, 4) is 22.6 Å². The van der Waals surface area contributed by atoms with Gasteiger partial charge < -0.3 is 9.84 Å². The van der Waals surface area contributed by atoms with Gasteiger partial charge in [0.15, 0.2) is 5.75 Å². The molecule has 3 rings (SSSR count). The fourth-order valence-electron chi connectivity index (χ4n) is 2.86. The van der Waals surface area contributed by atoms with Gasteiger partial charge in [-0.05, 0) is 48.2 Å². The first-order valence-electron chi connectivity index (χ1n) is 9.56. The van der Waals surface area contributed by atoms with Crippen molar-refractivity contribution in [3.05, 3.63) is 69.9 Å². The zero-order valence-corrected chi connectivity index (χ0v) is 18.6. The monoisotopic (exact) mass is 481 g/mol. The van der Waals surface area contributed by atoms with Gasteiger partial charge in [-0.15, -0.1) is 0 Å². The van der Waals surface area contributed by atoms with E-state index in [9.17, 15) is 22.7 Å². The second-order valence-corrected chi connectivity index (χ2v) is 9.17. The zero-order chi connectivity index (χ0) is 23.5. The molecule has 1 atom stereocenters. The predicted octanol–water partition coefficient (Wildman–Crippen LogP) is 2.74. The fraction of sp³-hybridized carbons (Fsp3) is 0.238. The molecule has 0 saturated carbocycles. The zero-order valence-electron chi connectivity index (χ0n) is 17.0. The molecule has 1 heterocycles. The van der Waals surface area contributed by atoms with Crippen LogP contribution in [0.4, 0.5) is 4.39 Å². The predicted molar refractivity (Wildman–Crippen MR) is 118 cm³/mol. The van der Waals surface area contributed by atoms with Crippen molar-refractivity contribution in [2.24, 2.45) is 11.1 Å². The summed E-state index contributed by atoms with van der Waals surface area (Å²) in [4.78, 5) is 13.1. The summed E-state index contributed by atoms with van der Waals surface area (Å²) < 4.78 is 43.4. The Kier molecular flexibility index (Phi) is 7.29. The Morgan fingerprint density at radius 2 is 1.94 bits per heavy atom. The molecule has 2 aromatic carbocycles. The van der Waals surface area contributed by atoms with Crippen LogP contribution in [0.1, 0.15) is 13.3 Å². The van der Waals surface area contributed by atoms with Gasteiger partial charge in [-0.25, -0.2) is 17.9 Å². The van der Waals surface area contributed by atoms with E-state index >= 15 is 0 Å². The summed E-state index contributed by atoms with van der Waals surface area (Å²) in [6.07, 6.45) is 1.87. The molecule has 1 aromatic heterocycles. The number of hydrogen-bond donors (Lipinski definition) is 2. The van der Waals surface area contributed by atoms with Crippen LogP contribution in [-0.4, -0.2) is 36.5 Å². The highest BCUT2D eigenvalue weighted by molar-refractivity contribution is 7.89. The average molecular weight is 482 g/mol. The topological polar surface area (TPSA) is 125 Å². The molecule has 8 nitrogen and oxygen atoms in total. The van der Waals surface area contributed by atoms with Gasteiger partial charge in [0.2, 0.25) is 10.0 Å². The van der Waals surface area contributed by atoms with Gasteiger partial charge in [0.1, 0.15) is 5.82 Å². The Labute approximate surface area is 189 Å². The normalized spacial score (nSPS) is 12.5. The molecule has 0 bridgehead atoms. The molecule has 0 radical (unpaired) electrons. The highest BCUT2D eigenvalue weighted by atomic mass is 35.5. The molecule has 3 N–H and O–H groups in total. The molecule has 32 heavy (non-hydrogen) atoms. The first-order valence-corrected chi connectivity index (χ1v) is 11.5. The van der Waals surface area contributed by atoms with E-state index in [0.29, 0.717) is 17.5 Å². The molecular weight excluding hydrogens is 461 g/mol. The molecule has 0 aliphatic heterocycles. The molecule has 0 spiro atoms. The van der Waals surface area contributed by atoms with Crippen molar-refractivity contribution in [3.63, 3.8) is 0 Å². The SMILES string of the molecule is CC(CO)CCOc1c(-c2ccc(S(N)(=O)=O)cc2)cnn(-c2ccc(F)c(Cl)c2)c1=O. The summed E-state index contributed by atoms with van der Waals surface area (Å²) in [7, 11) is -3.88. The molecule has 0 fully saturated rings. The molecule has 0 saturated heterocycles. The third-order valence-corrected chi connectivity index (χ3v) is 5.96. The minimum atomic E-state index is -3.88. The first-order chi connectivity index (χ1) is 15.1. The second kappa shape index (κ2) is 9.78. The number of ether oxygens (including phenoxy) is 1. The number of sulfonamides is 1. The Morgan fingerprint density at radius 3 is 2.53 bits per heavy atom. The number of aromatic nitrogens is 2. The van der Waals surface area contributed by atoms with Gasteiger partial charge >= 0.3 is 5.56 Å². The first kappa shape index (κ1) is 23.9. The summed E-state index contributed by atoms with van der Waals surface area (Å²) in [6.45, 7) is 1.95. The van der Waals surface area contributed by atoms with Crippen LogP contribution < -0.4 is 15.4 Å². The summed E-state index contributed by atoms with van der Waals surface area (Å²) in [5, 5.41) is 18.3. The summed E-state index contributed by atoms with van der Waals surface area (Å²) in [5.74, 6) is -0.703. The van der Waals surface area contributed by atoms with Gasteiger partial charge in [0, 0.05) is 12.2 Å².